The van der Waals surface area contributed by atoms with Crippen molar-refractivity contribution >= 4 is 50.7 Å². The van der Waals surface area contributed by atoms with Crippen LogP contribution in [0.1, 0.15) is 37.5 Å². The summed E-state index contributed by atoms with van der Waals surface area (Å²) in [5.74, 6) is -0.971. The lowest BCUT2D eigenvalue weighted by Crippen LogP contribution is -2.52. The minimum atomic E-state index is -4.14. The van der Waals surface area contributed by atoms with Gasteiger partial charge in [-0.25, -0.2) is 8.42 Å². The molecule has 208 valence electrons. The summed E-state index contributed by atoms with van der Waals surface area (Å²) >= 11 is 12.8. The highest BCUT2D eigenvalue weighted by molar-refractivity contribution is 7.92. The van der Waals surface area contributed by atoms with E-state index < -0.39 is 28.5 Å². The van der Waals surface area contributed by atoms with Gasteiger partial charge < -0.3 is 10.2 Å². The molecule has 10 heteroatoms. The molecular formula is C29H33Cl2N3O4S. The third-order valence-corrected chi connectivity index (χ3v) is 8.59. The Hall–Kier alpha value is -3.07. The fourth-order valence-corrected chi connectivity index (χ4v) is 6.12. The fraction of sp³-hybridized carbons (Fsp3) is 0.310. The standard InChI is InChI=1S/C29H33Cl2N3O4S/c1-19(2)32-29(36)22(5)33(17-25-26(30)12-9-13-27(25)31)28(35)18-34(23-15-20(3)14-21(4)16-23)39(37,38)24-10-7-6-8-11-24/h6-16,19,22H,17-18H2,1-5H3,(H,32,36)/t22-/m1/s1. The quantitative estimate of drug-likeness (QED) is 0.326. The van der Waals surface area contributed by atoms with Crippen molar-refractivity contribution in [1.82, 2.24) is 10.2 Å². The number of nitrogens with one attached hydrogen (secondary N) is 1. The van der Waals surface area contributed by atoms with E-state index in [1.54, 1.807) is 55.5 Å². The number of sulfonamides is 1. The van der Waals surface area contributed by atoms with Gasteiger partial charge >= 0.3 is 0 Å². The first-order valence-corrected chi connectivity index (χ1v) is 14.7. The fourth-order valence-electron chi connectivity index (χ4n) is 4.18. The van der Waals surface area contributed by atoms with Crippen LogP contribution < -0.4 is 9.62 Å². The maximum absolute atomic E-state index is 14.0. The first-order chi connectivity index (χ1) is 18.3. The summed E-state index contributed by atoms with van der Waals surface area (Å²) in [5.41, 5.74) is 2.49. The highest BCUT2D eigenvalue weighted by atomic mass is 35.5. The predicted molar refractivity (Wildman–Crippen MR) is 157 cm³/mol. The molecule has 0 radical (unpaired) electrons. The molecule has 0 fully saturated rings. The van der Waals surface area contributed by atoms with E-state index in [9.17, 15) is 18.0 Å². The summed E-state index contributed by atoms with van der Waals surface area (Å²) in [5, 5.41) is 3.48. The second-order valence-corrected chi connectivity index (χ2v) is 12.4. The molecule has 0 aliphatic rings. The van der Waals surface area contributed by atoms with Crippen molar-refractivity contribution in [3.63, 3.8) is 0 Å². The van der Waals surface area contributed by atoms with Crippen LogP contribution >= 0.6 is 23.2 Å². The SMILES string of the molecule is Cc1cc(C)cc(N(CC(=O)N(Cc2c(Cl)cccc2Cl)[C@H](C)C(=O)NC(C)C)S(=O)(=O)c2ccccc2)c1. The van der Waals surface area contributed by atoms with Gasteiger partial charge in [-0.15, -0.1) is 0 Å². The van der Waals surface area contributed by atoms with Crippen molar-refractivity contribution in [2.24, 2.45) is 0 Å². The number of anilines is 1. The van der Waals surface area contributed by atoms with Gasteiger partial charge in [0.05, 0.1) is 10.6 Å². The number of hydrogen-bond donors (Lipinski definition) is 1. The van der Waals surface area contributed by atoms with Crippen LogP contribution in [0, 0.1) is 13.8 Å². The lowest BCUT2D eigenvalue weighted by atomic mass is 10.1. The lowest BCUT2D eigenvalue weighted by molar-refractivity contribution is -0.139. The Bertz CT molecular complexity index is 1410. The van der Waals surface area contributed by atoms with E-state index in [-0.39, 0.29) is 23.4 Å². The molecule has 0 heterocycles. The summed E-state index contributed by atoms with van der Waals surface area (Å²) in [4.78, 5) is 28.4. The number of halogens is 2. The van der Waals surface area contributed by atoms with Gasteiger partial charge in [-0.1, -0.05) is 53.5 Å². The van der Waals surface area contributed by atoms with Gasteiger partial charge in [0.15, 0.2) is 0 Å². The molecule has 0 bridgehead atoms. The molecule has 2 amide bonds. The van der Waals surface area contributed by atoms with Gasteiger partial charge in [0.2, 0.25) is 11.8 Å². The molecule has 0 saturated heterocycles. The third-order valence-electron chi connectivity index (χ3n) is 6.09. The first-order valence-electron chi connectivity index (χ1n) is 12.5. The van der Waals surface area contributed by atoms with Crippen LogP contribution in [0.4, 0.5) is 5.69 Å². The molecule has 3 aromatic carbocycles. The van der Waals surface area contributed by atoms with Crippen LogP contribution in [0.2, 0.25) is 10.0 Å². The second kappa shape index (κ2) is 12.9. The minimum absolute atomic E-state index is 0.0447. The molecule has 39 heavy (non-hydrogen) atoms. The van der Waals surface area contributed by atoms with E-state index in [0.717, 1.165) is 15.4 Å². The summed E-state index contributed by atoms with van der Waals surface area (Å²) in [6.45, 7) is 8.31. The summed E-state index contributed by atoms with van der Waals surface area (Å²) in [6.07, 6.45) is 0. The number of amides is 2. The van der Waals surface area contributed by atoms with Crippen molar-refractivity contribution in [3.8, 4) is 0 Å². The van der Waals surface area contributed by atoms with E-state index in [1.165, 1.54) is 17.0 Å². The van der Waals surface area contributed by atoms with Gasteiger partial charge in [0, 0.05) is 28.2 Å². The summed E-state index contributed by atoms with van der Waals surface area (Å²) in [6, 6.07) is 17.1. The van der Waals surface area contributed by atoms with Gasteiger partial charge in [-0.3, -0.25) is 13.9 Å². The minimum Gasteiger partial charge on any atom is -0.352 e. The Morgan fingerprint density at radius 2 is 1.44 bits per heavy atom. The molecule has 0 unspecified atom stereocenters. The first kappa shape index (κ1) is 30.5. The number of hydrogen-bond acceptors (Lipinski definition) is 4. The number of aryl methyl sites for hydroxylation is 2. The Morgan fingerprint density at radius 3 is 1.97 bits per heavy atom. The lowest BCUT2D eigenvalue weighted by Gasteiger charge is -2.32. The molecule has 0 spiro atoms. The van der Waals surface area contributed by atoms with Crippen molar-refractivity contribution in [2.75, 3.05) is 10.8 Å². The number of carbonyl (C=O) groups is 2. The maximum Gasteiger partial charge on any atom is 0.264 e. The van der Waals surface area contributed by atoms with Crippen molar-refractivity contribution in [2.45, 2.75) is 58.1 Å². The Kier molecular flexibility index (Phi) is 10.0. The number of benzene rings is 3. The van der Waals surface area contributed by atoms with Crippen molar-refractivity contribution in [3.05, 3.63) is 93.5 Å². The van der Waals surface area contributed by atoms with Gasteiger partial charge in [-0.2, -0.15) is 0 Å². The number of carbonyl (C=O) groups excluding carboxylic acids is 2. The third kappa shape index (κ3) is 7.53. The largest absolute Gasteiger partial charge is 0.352 e. The van der Waals surface area contributed by atoms with Crippen LogP contribution in [0.3, 0.4) is 0 Å². The van der Waals surface area contributed by atoms with Crippen molar-refractivity contribution < 1.29 is 18.0 Å². The Morgan fingerprint density at radius 1 is 0.872 bits per heavy atom. The van der Waals surface area contributed by atoms with Crippen LogP contribution in [0.15, 0.2) is 71.6 Å². The van der Waals surface area contributed by atoms with Gasteiger partial charge in [-0.05, 0) is 82.1 Å². The zero-order chi connectivity index (χ0) is 28.9. The molecule has 1 atom stereocenters. The molecule has 3 rings (SSSR count). The average molecular weight is 591 g/mol. The monoisotopic (exact) mass is 589 g/mol. The smallest absolute Gasteiger partial charge is 0.264 e. The normalized spacial score (nSPS) is 12.2. The molecular weight excluding hydrogens is 557 g/mol. The van der Waals surface area contributed by atoms with Gasteiger partial charge in [0.25, 0.3) is 10.0 Å². The van der Waals surface area contributed by atoms with Crippen LogP contribution in [-0.4, -0.2) is 43.8 Å². The van der Waals surface area contributed by atoms with E-state index in [0.29, 0.717) is 21.3 Å². The average Bonchev–Trinajstić information content (AvgIpc) is 2.86. The number of rotatable bonds is 10. The summed E-state index contributed by atoms with van der Waals surface area (Å²) < 4.78 is 28.8. The number of nitrogens with zero attached hydrogens (tertiary/aromatic N) is 2. The van der Waals surface area contributed by atoms with Gasteiger partial charge in [0.1, 0.15) is 12.6 Å². The van der Waals surface area contributed by atoms with E-state index in [1.807, 2.05) is 33.8 Å². The summed E-state index contributed by atoms with van der Waals surface area (Å²) in [7, 11) is -4.14. The second-order valence-electron chi connectivity index (χ2n) is 9.73. The zero-order valence-corrected chi connectivity index (χ0v) is 24.9. The molecule has 0 aromatic heterocycles. The Balaban J connectivity index is 2.09. The van der Waals surface area contributed by atoms with E-state index in [4.69, 9.17) is 23.2 Å². The topological polar surface area (TPSA) is 86.8 Å². The van der Waals surface area contributed by atoms with E-state index >= 15 is 0 Å². The van der Waals surface area contributed by atoms with Crippen molar-refractivity contribution in [1.29, 1.82) is 0 Å². The molecule has 0 aliphatic carbocycles. The van der Waals surface area contributed by atoms with Crippen LogP contribution in [0.25, 0.3) is 0 Å². The molecule has 7 nitrogen and oxygen atoms in total. The molecule has 0 saturated carbocycles. The maximum atomic E-state index is 14.0. The highest BCUT2D eigenvalue weighted by Gasteiger charge is 2.33. The molecule has 1 N–H and O–H groups in total. The predicted octanol–water partition coefficient (Wildman–Crippen LogP) is 5.75. The molecule has 0 aliphatic heterocycles. The van der Waals surface area contributed by atoms with Crippen LogP contribution in [-0.2, 0) is 26.2 Å². The Labute approximate surface area is 240 Å². The highest BCUT2D eigenvalue weighted by Crippen LogP contribution is 2.29. The van der Waals surface area contributed by atoms with Crippen LogP contribution in [0.5, 0.6) is 0 Å². The van der Waals surface area contributed by atoms with E-state index in [2.05, 4.69) is 5.32 Å². The molecule has 3 aromatic rings. The zero-order valence-electron chi connectivity index (χ0n) is 22.6.